The highest BCUT2D eigenvalue weighted by molar-refractivity contribution is 5.81. The van der Waals surface area contributed by atoms with E-state index in [4.69, 9.17) is 9.84 Å². The molecule has 0 radical (unpaired) electrons. The predicted molar refractivity (Wildman–Crippen MR) is 42.7 cm³/mol. The van der Waals surface area contributed by atoms with E-state index in [0.29, 0.717) is 0 Å². The van der Waals surface area contributed by atoms with Gasteiger partial charge in [0, 0.05) is 5.92 Å². The summed E-state index contributed by atoms with van der Waals surface area (Å²) in [6.45, 7) is 2.82. The summed E-state index contributed by atoms with van der Waals surface area (Å²) in [5.74, 6) is -0.928. The Labute approximate surface area is 75.9 Å². The van der Waals surface area contributed by atoms with Crippen LogP contribution in [0, 0.1) is 5.92 Å². The number of aliphatic hydroxyl groups is 3. The monoisotopic (exact) mass is 190 g/mol. The van der Waals surface area contributed by atoms with E-state index >= 15 is 0 Å². The second-order valence-corrected chi connectivity index (χ2v) is 3.40. The largest absolute Gasteiger partial charge is 0.390 e. The minimum absolute atomic E-state index is 0.356. The number of aliphatic hydroxyl groups excluding tert-OH is 3. The molecule has 76 valence electrons. The van der Waals surface area contributed by atoms with Crippen LogP contribution in [0.5, 0.6) is 0 Å². The second-order valence-electron chi connectivity index (χ2n) is 3.40. The van der Waals surface area contributed by atoms with E-state index in [2.05, 4.69) is 0 Å². The highest BCUT2D eigenvalue weighted by Crippen LogP contribution is 2.24. The van der Waals surface area contributed by atoms with Crippen LogP contribution in [-0.4, -0.2) is 45.7 Å². The maximum atomic E-state index is 10.9. The molecule has 5 heteroatoms. The molecule has 0 spiro atoms. The third-order valence-electron chi connectivity index (χ3n) is 2.37. The summed E-state index contributed by atoms with van der Waals surface area (Å²) < 4.78 is 4.75. The summed E-state index contributed by atoms with van der Waals surface area (Å²) >= 11 is 0. The Balaban J connectivity index is 2.76. The van der Waals surface area contributed by atoms with Crippen molar-refractivity contribution in [3.8, 4) is 0 Å². The summed E-state index contributed by atoms with van der Waals surface area (Å²) in [5.41, 5.74) is 0. The Kier molecular flexibility index (Phi) is 3.02. The minimum Gasteiger partial charge on any atom is -0.390 e. The maximum absolute atomic E-state index is 10.9. The van der Waals surface area contributed by atoms with Gasteiger partial charge >= 0.3 is 0 Å². The third kappa shape index (κ3) is 1.88. The lowest BCUT2D eigenvalue weighted by atomic mass is 9.89. The molecule has 1 rings (SSSR count). The van der Waals surface area contributed by atoms with Crippen LogP contribution in [0.25, 0.3) is 0 Å². The van der Waals surface area contributed by atoms with Gasteiger partial charge in [0.1, 0.15) is 12.2 Å². The third-order valence-corrected chi connectivity index (χ3v) is 2.37. The van der Waals surface area contributed by atoms with Crippen LogP contribution < -0.4 is 0 Å². The molecule has 2 unspecified atom stereocenters. The number of carbonyl (C=O) groups excluding carboxylic acids is 1. The number of hydrogen-bond acceptors (Lipinski definition) is 5. The molecule has 1 saturated heterocycles. The van der Waals surface area contributed by atoms with Gasteiger partial charge in [0.2, 0.25) is 0 Å². The van der Waals surface area contributed by atoms with Gasteiger partial charge in [0.05, 0.1) is 6.10 Å². The Hall–Kier alpha value is -0.490. The number of carbonyl (C=O) groups is 1. The van der Waals surface area contributed by atoms with Gasteiger partial charge in [0.25, 0.3) is 0 Å². The van der Waals surface area contributed by atoms with Crippen LogP contribution in [0.4, 0.5) is 0 Å². The topological polar surface area (TPSA) is 87.0 Å². The van der Waals surface area contributed by atoms with Crippen LogP contribution in [0.15, 0.2) is 0 Å². The zero-order valence-corrected chi connectivity index (χ0v) is 7.54. The molecule has 1 heterocycles. The molecule has 0 aromatic carbocycles. The van der Waals surface area contributed by atoms with Gasteiger partial charge < -0.3 is 20.1 Å². The maximum Gasteiger partial charge on any atom is 0.182 e. The quantitative estimate of drug-likeness (QED) is 0.476. The standard InChI is InChI=1S/C8H14O5/c1-3-5(10)7(4(2)9)13-8(12)6(3)11/h3,5-8,10-12H,1-2H3/t3-,5-,6+,7?,8?/m0/s1. The Morgan fingerprint density at radius 2 is 1.77 bits per heavy atom. The summed E-state index contributed by atoms with van der Waals surface area (Å²) in [6.07, 6.45) is -4.64. The van der Waals surface area contributed by atoms with Crippen LogP contribution in [0.2, 0.25) is 0 Å². The van der Waals surface area contributed by atoms with Crippen molar-refractivity contribution in [1.82, 2.24) is 0 Å². The van der Waals surface area contributed by atoms with Crippen molar-refractivity contribution in [2.24, 2.45) is 5.92 Å². The molecule has 0 aromatic rings. The molecule has 0 amide bonds. The smallest absolute Gasteiger partial charge is 0.182 e. The molecule has 5 atom stereocenters. The molecule has 13 heavy (non-hydrogen) atoms. The molecular weight excluding hydrogens is 176 g/mol. The molecule has 1 aliphatic rings. The predicted octanol–water partition coefficient (Wildman–Crippen LogP) is -1.35. The number of hydrogen-bond donors (Lipinski definition) is 3. The Morgan fingerprint density at radius 1 is 1.23 bits per heavy atom. The van der Waals surface area contributed by atoms with Crippen molar-refractivity contribution < 1.29 is 24.9 Å². The number of ether oxygens (including phenoxy) is 1. The fourth-order valence-electron chi connectivity index (χ4n) is 1.38. The van der Waals surface area contributed by atoms with Crippen molar-refractivity contribution in [3.05, 3.63) is 0 Å². The lowest BCUT2D eigenvalue weighted by Gasteiger charge is -2.38. The van der Waals surface area contributed by atoms with Crippen molar-refractivity contribution in [1.29, 1.82) is 0 Å². The first-order valence-corrected chi connectivity index (χ1v) is 4.15. The first-order chi connectivity index (χ1) is 5.95. The summed E-state index contributed by atoms with van der Waals surface area (Å²) in [5, 5.41) is 27.9. The first kappa shape index (κ1) is 10.6. The molecule has 1 fully saturated rings. The van der Waals surface area contributed by atoms with E-state index in [1.807, 2.05) is 0 Å². The fraction of sp³-hybridized carbons (Fsp3) is 0.875. The number of Topliss-reactive ketones (excluding diaryl/α,β-unsaturated/α-hetero) is 1. The van der Waals surface area contributed by atoms with Crippen LogP contribution in [0.1, 0.15) is 13.8 Å². The van der Waals surface area contributed by atoms with E-state index in [0.717, 1.165) is 0 Å². The average Bonchev–Trinajstić information content (AvgIpc) is 2.07. The lowest BCUT2D eigenvalue weighted by molar-refractivity contribution is -0.258. The fourth-order valence-corrected chi connectivity index (χ4v) is 1.38. The molecule has 3 N–H and O–H groups in total. The van der Waals surface area contributed by atoms with Gasteiger partial charge in [0.15, 0.2) is 12.1 Å². The van der Waals surface area contributed by atoms with Gasteiger partial charge in [-0.2, -0.15) is 0 Å². The zero-order chi connectivity index (χ0) is 10.2. The van der Waals surface area contributed by atoms with Gasteiger partial charge in [-0.1, -0.05) is 6.92 Å². The van der Waals surface area contributed by atoms with Crippen molar-refractivity contribution in [2.45, 2.75) is 38.4 Å². The molecule has 0 saturated carbocycles. The van der Waals surface area contributed by atoms with Crippen LogP contribution in [0.3, 0.4) is 0 Å². The van der Waals surface area contributed by atoms with Gasteiger partial charge in [-0.25, -0.2) is 0 Å². The Morgan fingerprint density at radius 3 is 2.23 bits per heavy atom. The number of rotatable bonds is 1. The van der Waals surface area contributed by atoms with Gasteiger partial charge in [-0.15, -0.1) is 0 Å². The van der Waals surface area contributed by atoms with Crippen molar-refractivity contribution in [2.75, 3.05) is 0 Å². The Bertz CT molecular complexity index is 205. The molecule has 1 aliphatic heterocycles. The lowest BCUT2D eigenvalue weighted by Crippen LogP contribution is -2.55. The normalized spacial score (nSPS) is 46.1. The van der Waals surface area contributed by atoms with E-state index in [-0.39, 0.29) is 5.78 Å². The van der Waals surface area contributed by atoms with E-state index in [9.17, 15) is 15.0 Å². The van der Waals surface area contributed by atoms with Gasteiger partial charge in [-0.05, 0) is 6.92 Å². The van der Waals surface area contributed by atoms with E-state index in [1.165, 1.54) is 6.92 Å². The zero-order valence-electron chi connectivity index (χ0n) is 7.54. The van der Waals surface area contributed by atoms with Crippen molar-refractivity contribution in [3.63, 3.8) is 0 Å². The van der Waals surface area contributed by atoms with Crippen LogP contribution in [-0.2, 0) is 9.53 Å². The van der Waals surface area contributed by atoms with Gasteiger partial charge in [-0.3, -0.25) is 4.79 Å². The molecule has 0 aliphatic carbocycles. The molecular formula is C8H14O5. The SMILES string of the molecule is CC(=O)C1OC(O)[C@H](O)[C@@H](C)[C@@H]1O. The van der Waals surface area contributed by atoms with E-state index < -0.39 is 30.5 Å². The molecule has 0 bridgehead atoms. The number of ketones is 1. The van der Waals surface area contributed by atoms with Crippen molar-refractivity contribution >= 4 is 5.78 Å². The first-order valence-electron chi connectivity index (χ1n) is 4.15. The summed E-state index contributed by atoms with van der Waals surface area (Å²) in [4.78, 5) is 10.9. The van der Waals surface area contributed by atoms with Crippen LogP contribution >= 0.6 is 0 Å². The molecule has 0 aromatic heterocycles. The minimum atomic E-state index is -1.40. The second kappa shape index (κ2) is 3.71. The highest BCUT2D eigenvalue weighted by Gasteiger charge is 2.43. The summed E-state index contributed by atoms with van der Waals surface area (Å²) in [7, 11) is 0. The summed E-state index contributed by atoms with van der Waals surface area (Å²) in [6, 6.07) is 0. The van der Waals surface area contributed by atoms with E-state index in [1.54, 1.807) is 6.92 Å². The molecule has 5 nitrogen and oxygen atoms in total. The highest BCUT2D eigenvalue weighted by atomic mass is 16.6. The average molecular weight is 190 g/mol.